The fourth-order valence-corrected chi connectivity index (χ4v) is 1.06. The van der Waals surface area contributed by atoms with Crippen molar-refractivity contribution in [2.24, 2.45) is 5.10 Å². The van der Waals surface area contributed by atoms with Crippen LogP contribution in [0.15, 0.2) is 29.4 Å². The molecule has 0 atom stereocenters. The maximum atomic E-state index is 4.09. The molecule has 0 aliphatic rings. The Hall–Kier alpha value is -0.580. The van der Waals surface area contributed by atoms with E-state index >= 15 is 0 Å². The number of hydrogen-bond acceptors (Lipinski definition) is 2. The second-order valence-corrected chi connectivity index (χ2v) is 3.92. The molecule has 0 aromatic heterocycles. The number of benzene rings is 1. The van der Waals surface area contributed by atoms with Gasteiger partial charge in [0.25, 0.3) is 0 Å². The third-order valence-corrected chi connectivity index (χ3v) is 1.97. The predicted octanol–water partition coefficient (Wildman–Crippen LogP) is 3.10. The molecule has 64 valence electrons. The van der Waals surface area contributed by atoms with Crippen LogP contribution in [-0.2, 0) is 0 Å². The van der Waals surface area contributed by atoms with Gasteiger partial charge in [-0.3, -0.25) is 5.43 Å². The Kier molecular flexibility index (Phi) is 3.52. The molecule has 3 heteroatoms. The highest BCUT2D eigenvalue weighted by Crippen LogP contribution is 2.10. The van der Waals surface area contributed by atoms with E-state index in [0.717, 1.165) is 11.4 Å². The van der Waals surface area contributed by atoms with E-state index in [0.29, 0.717) is 0 Å². The van der Waals surface area contributed by atoms with Gasteiger partial charge in [-0.2, -0.15) is 5.10 Å². The predicted molar refractivity (Wildman–Crippen MR) is 61.6 cm³/mol. The minimum atomic E-state index is 1.02. The lowest BCUT2D eigenvalue weighted by Crippen LogP contribution is -1.92. The highest BCUT2D eigenvalue weighted by molar-refractivity contribution is 14.1. The zero-order valence-corrected chi connectivity index (χ0v) is 9.29. The smallest absolute Gasteiger partial charge is 0.0562 e. The topological polar surface area (TPSA) is 24.4 Å². The lowest BCUT2D eigenvalue weighted by Gasteiger charge is -1.99. The Bertz CT molecular complexity index is 273. The molecule has 0 heterocycles. The van der Waals surface area contributed by atoms with Crippen LogP contribution in [0, 0.1) is 3.57 Å². The van der Waals surface area contributed by atoms with Crippen molar-refractivity contribution in [1.82, 2.24) is 0 Å². The van der Waals surface area contributed by atoms with E-state index in [4.69, 9.17) is 0 Å². The summed E-state index contributed by atoms with van der Waals surface area (Å²) in [6, 6.07) is 8.11. The van der Waals surface area contributed by atoms with Crippen molar-refractivity contribution in [3.8, 4) is 0 Å². The van der Waals surface area contributed by atoms with Crippen LogP contribution in [0.5, 0.6) is 0 Å². The summed E-state index contributed by atoms with van der Waals surface area (Å²) in [6.45, 7) is 3.92. The second kappa shape index (κ2) is 4.45. The lowest BCUT2D eigenvalue weighted by molar-refractivity contribution is 1.31. The zero-order valence-electron chi connectivity index (χ0n) is 7.13. The molecule has 1 N–H and O–H groups in total. The third-order valence-electron chi connectivity index (χ3n) is 1.25. The Balaban J connectivity index is 2.65. The SMILES string of the molecule is CC(C)=NNc1ccc(I)cc1. The van der Waals surface area contributed by atoms with Crippen LogP contribution in [0.1, 0.15) is 13.8 Å². The van der Waals surface area contributed by atoms with Crippen molar-refractivity contribution < 1.29 is 0 Å². The normalized spacial score (nSPS) is 9.25. The molecule has 0 saturated heterocycles. The summed E-state index contributed by atoms with van der Waals surface area (Å²) in [5.41, 5.74) is 5.00. The summed E-state index contributed by atoms with van der Waals surface area (Å²) >= 11 is 2.27. The van der Waals surface area contributed by atoms with Crippen LogP contribution < -0.4 is 5.43 Å². The number of nitrogens with one attached hydrogen (secondary N) is 1. The molecule has 0 amide bonds. The van der Waals surface area contributed by atoms with E-state index in [9.17, 15) is 0 Å². The van der Waals surface area contributed by atoms with Crippen molar-refractivity contribution >= 4 is 34.0 Å². The van der Waals surface area contributed by atoms with Crippen LogP contribution in [0.4, 0.5) is 5.69 Å². The van der Waals surface area contributed by atoms with Crippen molar-refractivity contribution in [2.75, 3.05) is 5.43 Å². The van der Waals surface area contributed by atoms with Crippen LogP contribution in [0.25, 0.3) is 0 Å². The average molecular weight is 274 g/mol. The molecular formula is C9H11IN2. The van der Waals surface area contributed by atoms with Crippen LogP contribution >= 0.6 is 22.6 Å². The van der Waals surface area contributed by atoms with Gasteiger partial charge in [0.2, 0.25) is 0 Å². The molecule has 0 bridgehead atoms. The first-order chi connectivity index (χ1) is 5.68. The van der Waals surface area contributed by atoms with Gasteiger partial charge in [-0.05, 0) is 60.7 Å². The van der Waals surface area contributed by atoms with Crippen LogP contribution in [0.3, 0.4) is 0 Å². The molecule has 0 saturated carbocycles. The Morgan fingerprint density at radius 1 is 1.25 bits per heavy atom. The molecule has 0 aliphatic heterocycles. The Morgan fingerprint density at radius 3 is 2.33 bits per heavy atom. The summed E-state index contributed by atoms with van der Waals surface area (Å²) in [6.07, 6.45) is 0. The molecule has 1 aromatic rings. The number of nitrogens with zero attached hydrogens (tertiary/aromatic N) is 1. The van der Waals surface area contributed by atoms with E-state index < -0.39 is 0 Å². The van der Waals surface area contributed by atoms with Crippen molar-refractivity contribution in [2.45, 2.75) is 13.8 Å². The third kappa shape index (κ3) is 3.21. The van der Waals surface area contributed by atoms with E-state index in [-0.39, 0.29) is 0 Å². The zero-order chi connectivity index (χ0) is 8.97. The highest BCUT2D eigenvalue weighted by atomic mass is 127. The van der Waals surface area contributed by atoms with Crippen molar-refractivity contribution in [3.63, 3.8) is 0 Å². The largest absolute Gasteiger partial charge is 0.279 e. The van der Waals surface area contributed by atoms with Gasteiger partial charge < -0.3 is 0 Å². The summed E-state index contributed by atoms with van der Waals surface area (Å²) < 4.78 is 1.23. The van der Waals surface area contributed by atoms with Crippen molar-refractivity contribution in [3.05, 3.63) is 27.8 Å². The fraction of sp³-hybridized carbons (Fsp3) is 0.222. The van der Waals surface area contributed by atoms with Gasteiger partial charge >= 0.3 is 0 Å². The number of rotatable bonds is 2. The molecule has 12 heavy (non-hydrogen) atoms. The number of hydrazone groups is 1. The van der Waals surface area contributed by atoms with Gasteiger partial charge in [0.1, 0.15) is 0 Å². The average Bonchev–Trinajstić information content (AvgIpc) is 2.03. The van der Waals surface area contributed by atoms with Gasteiger partial charge in [0.15, 0.2) is 0 Å². The van der Waals surface area contributed by atoms with E-state index in [1.54, 1.807) is 0 Å². The highest BCUT2D eigenvalue weighted by Gasteiger charge is 1.88. The molecule has 0 fully saturated rings. The standard InChI is InChI=1S/C9H11IN2/c1-7(2)11-12-9-5-3-8(10)4-6-9/h3-6,12H,1-2H3. The first-order valence-electron chi connectivity index (χ1n) is 3.71. The first-order valence-corrected chi connectivity index (χ1v) is 4.79. The second-order valence-electron chi connectivity index (χ2n) is 2.68. The van der Waals surface area contributed by atoms with Crippen molar-refractivity contribution in [1.29, 1.82) is 0 Å². The number of hydrogen-bond donors (Lipinski definition) is 1. The molecule has 0 unspecified atom stereocenters. The molecule has 1 rings (SSSR count). The van der Waals surface area contributed by atoms with Crippen LogP contribution in [0.2, 0.25) is 0 Å². The summed E-state index contributed by atoms with van der Waals surface area (Å²) in [4.78, 5) is 0. The van der Waals surface area contributed by atoms with Gasteiger partial charge in [0.05, 0.1) is 5.69 Å². The minimum absolute atomic E-state index is 1.02. The van der Waals surface area contributed by atoms with E-state index in [2.05, 4.69) is 33.1 Å². The lowest BCUT2D eigenvalue weighted by atomic mass is 10.3. The molecule has 1 aromatic carbocycles. The molecular weight excluding hydrogens is 263 g/mol. The molecule has 0 aliphatic carbocycles. The quantitative estimate of drug-likeness (QED) is 0.500. The summed E-state index contributed by atoms with van der Waals surface area (Å²) in [7, 11) is 0. The minimum Gasteiger partial charge on any atom is -0.279 e. The van der Waals surface area contributed by atoms with Gasteiger partial charge in [0, 0.05) is 9.28 Å². The van der Waals surface area contributed by atoms with E-state index in [1.165, 1.54) is 3.57 Å². The summed E-state index contributed by atoms with van der Waals surface area (Å²) in [5, 5.41) is 4.09. The maximum absolute atomic E-state index is 4.09. The molecule has 0 radical (unpaired) electrons. The first kappa shape index (κ1) is 9.51. The van der Waals surface area contributed by atoms with Gasteiger partial charge in [-0.15, -0.1) is 0 Å². The summed E-state index contributed by atoms with van der Waals surface area (Å²) in [5.74, 6) is 0. The fourth-order valence-electron chi connectivity index (χ4n) is 0.701. The Morgan fingerprint density at radius 2 is 1.83 bits per heavy atom. The molecule has 0 spiro atoms. The Labute approximate surface area is 86.2 Å². The van der Waals surface area contributed by atoms with Gasteiger partial charge in [-0.1, -0.05) is 0 Å². The number of halogens is 1. The van der Waals surface area contributed by atoms with E-state index in [1.807, 2.05) is 38.1 Å². The van der Waals surface area contributed by atoms with Crippen LogP contribution in [-0.4, -0.2) is 5.71 Å². The number of anilines is 1. The van der Waals surface area contributed by atoms with Gasteiger partial charge in [-0.25, -0.2) is 0 Å². The maximum Gasteiger partial charge on any atom is 0.0562 e. The molecule has 2 nitrogen and oxygen atoms in total. The monoisotopic (exact) mass is 274 g/mol.